The summed E-state index contributed by atoms with van der Waals surface area (Å²) in [6.07, 6.45) is 1.96. The number of hydrogen-bond donors (Lipinski definition) is 2. The Labute approximate surface area is 204 Å². The molecule has 0 aliphatic carbocycles. The van der Waals surface area contributed by atoms with Crippen LogP contribution in [0.3, 0.4) is 0 Å². The Morgan fingerprint density at radius 3 is 2.69 bits per heavy atom. The number of imidazole rings is 1. The fourth-order valence-electron chi connectivity index (χ4n) is 4.03. The van der Waals surface area contributed by atoms with E-state index in [4.69, 9.17) is 0 Å². The van der Waals surface area contributed by atoms with E-state index >= 15 is 0 Å². The number of carbonyl (C=O) groups excluding carboxylic acids is 1. The van der Waals surface area contributed by atoms with E-state index in [0.717, 1.165) is 36.7 Å². The van der Waals surface area contributed by atoms with Crippen molar-refractivity contribution in [2.75, 3.05) is 25.0 Å². The Bertz CT molecular complexity index is 1290. The Morgan fingerprint density at radius 2 is 1.91 bits per heavy atom. The van der Waals surface area contributed by atoms with Crippen LogP contribution in [-0.2, 0) is 27.8 Å². The van der Waals surface area contributed by atoms with Crippen LogP contribution in [0, 0.1) is 0 Å². The molecule has 4 rings (SSSR count). The van der Waals surface area contributed by atoms with Gasteiger partial charge < -0.3 is 10.2 Å². The lowest BCUT2D eigenvalue weighted by Crippen LogP contribution is -2.44. The van der Waals surface area contributed by atoms with Gasteiger partial charge in [-0.1, -0.05) is 25.0 Å². The molecule has 0 fully saturated rings. The Balaban J connectivity index is 1.22. The second-order valence-electron chi connectivity index (χ2n) is 8.19. The Hall–Kier alpha value is -2.71. The number of alkyl halides is 3. The molecule has 3 aromatic rings. The third-order valence-electron chi connectivity index (χ3n) is 5.77. The molecule has 1 aliphatic heterocycles. The van der Waals surface area contributed by atoms with E-state index in [0.29, 0.717) is 22.4 Å². The van der Waals surface area contributed by atoms with Crippen molar-refractivity contribution in [1.29, 1.82) is 0 Å². The van der Waals surface area contributed by atoms with Gasteiger partial charge in [-0.25, -0.2) is 18.1 Å². The minimum Gasteiger partial charge on any atom is -0.355 e. The maximum absolute atomic E-state index is 12.8. The first kappa shape index (κ1) is 25.4. The van der Waals surface area contributed by atoms with E-state index in [1.54, 1.807) is 12.3 Å². The van der Waals surface area contributed by atoms with Crippen molar-refractivity contribution in [3.05, 3.63) is 41.7 Å². The zero-order valence-electron chi connectivity index (χ0n) is 18.7. The number of nitrogens with one attached hydrogen (secondary N) is 2. The van der Waals surface area contributed by atoms with Gasteiger partial charge in [0.15, 0.2) is 0 Å². The predicted octanol–water partition coefficient (Wildman–Crippen LogP) is 3.19. The lowest BCUT2D eigenvalue weighted by atomic mass is 9.99. The molecular formula is C21H25F3N6O3S2. The third kappa shape index (κ3) is 5.93. The van der Waals surface area contributed by atoms with Gasteiger partial charge in [0.1, 0.15) is 0 Å². The second kappa shape index (κ2) is 10.5. The quantitative estimate of drug-likeness (QED) is 0.390. The van der Waals surface area contributed by atoms with Crippen LogP contribution >= 0.6 is 11.5 Å². The van der Waals surface area contributed by atoms with Crippen molar-refractivity contribution in [2.24, 2.45) is 0 Å². The van der Waals surface area contributed by atoms with Gasteiger partial charge in [-0.05, 0) is 36.5 Å². The Kier molecular flexibility index (Phi) is 7.62. The number of unbranched alkanes of at least 4 members (excludes halogenated alkanes) is 3. The predicted molar refractivity (Wildman–Crippen MR) is 125 cm³/mol. The van der Waals surface area contributed by atoms with E-state index in [9.17, 15) is 26.4 Å². The molecule has 14 heteroatoms. The van der Waals surface area contributed by atoms with Crippen molar-refractivity contribution in [2.45, 2.75) is 49.7 Å². The van der Waals surface area contributed by atoms with E-state index in [1.807, 2.05) is 10.6 Å². The van der Waals surface area contributed by atoms with E-state index in [-0.39, 0.29) is 31.0 Å². The summed E-state index contributed by atoms with van der Waals surface area (Å²) in [6, 6.07) is 4.49. The van der Waals surface area contributed by atoms with Gasteiger partial charge >= 0.3 is 12.1 Å². The Morgan fingerprint density at radius 1 is 1.14 bits per heavy atom. The zero-order valence-corrected chi connectivity index (χ0v) is 20.3. The van der Waals surface area contributed by atoms with Crippen LogP contribution in [-0.4, -0.2) is 58.8 Å². The first-order valence-electron chi connectivity index (χ1n) is 11.2. The van der Waals surface area contributed by atoms with E-state index in [2.05, 4.69) is 19.4 Å². The minimum atomic E-state index is -4.95. The van der Waals surface area contributed by atoms with E-state index in [1.165, 1.54) is 23.7 Å². The summed E-state index contributed by atoms with van der Waals surface area (Å²) in [4.78, 5) is 17.3. The van der Waals surface area contributed by atoms with Gasteiger partial charge in [0.05, 0.1) is 4.90 Å². The molecule has 3 heterocycles. The summed E-state index contributed by atoms with van der Waals surface area (Å²) < 4.78 is 72.7. The second-order valence-corrected chi connectivity index (χ2v) is 10.7. The molecule has 2 N–H and O–H groups in total. The summed E-state index contributed by atoms with van der Waals surface area (Å²) in [5.74, 6) is -1.15. The van der Waals surface area contributed by atoms with Gasteiger partial charge in [-0.15, -0.1) is 0 Å². The number of amides is 1. The summed E-state index contributed by atoms with van der Waals surface area (Å²) in [5, 5.41) is 3.26. The van der Waals surface area contributed by atoms with Gasteiger partial charge in [0.2, 0.25) is 20.9 Å². The molecule has 9 nitrogen and oxygen atoms in total. The lowest BCUT2D eigenvalue weighted by molar-refractivity contribution is -0.186. The number of aromatic nitrogens is 3. The first-order chi connectivity index (χ1) is 16.7. The first-order valence-corrected chi connectivity index (χ1v) is 13.4. The molecule has 1 aromatic carbocycles. The van der Waals surface area contributed by atoms with Crippen LogP contribution in [0.4, 0.5) is 19.1 Å². The van der Waals surface area contributed by atoms with Gasteiger partial charge in [0.25, 0.3) is 0 Å². The molecule has 2 aromatic heterocycles. The average molecular weight is 531 g/mol. The highest BCUT2D eigenvalue weighted by atomic mass is 32.2. The number of fused-ring (bicyclic) bond motifs is 2. The van der Waals surface area contributed by atoms with Crippen LogP contribution in [0.1, 0.15) is 36.8 Å². The molecule has 0 saturated carbocycles. The van der Waals surface area contributed by atoms with Crippen LogP contribution in [0.2, 0.25) is 0 Å². The highest BCUT2D eigenvalue weighted by Crippen LogP contribution is 2.28. The fourth-order valence-corrected chi connectivity index (χ4v) is 6.08. The minimum absolute atomic E-state index is 0.0472. The standard InChI is InChI=1S/C21H25F3N6O3S2/c22-21(23,24)18(31)29-12-8-16-15(14-29)6-5-7-17(16)35(32,33)27-10-4-2-1-3-9-25-19-28-34-20-26-11-13-30(19)20/h5-7,11,13,27H,1-4,8-10,12,14H2,(H,25,28). The highest BCUT2D eigenvalue weighted by molar-refractivity contribution is 7.89. The number of carbonyl (C=O) groups is 1. The average Bonchev–Trinajstić information content (AvgIpc) is 3.43. The molecule has 0 saturated heterocycles. The fraction of sp³-hybridized carbons (Fsp3) is 0.476. The number of anilines is 1. The largest absolute Gasteiger partial charge is 0.471 e. The normalized spacial score (nSPS) is 14.3. The molecule has 1 aliphatic rings. The summed E-state index contributed by atoms with van der Waals surface area (Å²) >= 11 is 1.32. The maximum Gasteiger partial charge on any atom is 0.471 e. The van der Waals surface area contributed by atoms with Crippen molar-refractivity contribution in [1.82, 2.24) is 23.4 Å². The molecule has 0 radical (unpaired) electrons. The summed E-state index contributed by atoms with van der Waals surface area (Å²) in [5.41, 5.74) is 0.878. The number of hydrogen-bond acceptors (Lipinski definition) is 7. The topological polar surface area (TPSA) is 109 Å². The molecule has 0 spiro atoms. The van der Waals surface area contributed by atoms with Crippen molar-refractivity contribution in [3.8, 4) is 0 Å². The molecular weight excluding hydrogens is 505 g/mol. The number of halogens is 3. The van der Waals surface area contributed by atoms with E-state index < -0.39 is 22.1 Å². The zero-order chi connectivity index (χ0) is 25.1. The smallest absolute Gasteiger partial charge is 0.355 e. The van der Waals surface area contributed by atoms with Gasteiger partial charge in [0, 0.05) is 50.1 Å². The van der Waals surface area contributed by atoms with Crippen LogP contribution in [0.5, 0.6) is 0 Å². The highest BCUT2D eigenvalue weighted by Gasteiger charge is 2.43. The summed E-state index contributed by atoms with van der Waals surface area (Å²) in [7, 11) is -3.81. The molecule has 0 bridgehead atoms. The monoisotopic (exact) mass is 530 g/mol. The maximum atomic E-state index is 12.8. The van der Waals surface area contributed by atoms with Crippen molar-refractivity contribution < 1.29 is 26.4 Å². The third-order valence-corrected chi connectivity index (χ3v) is 8.05. The number of rotatable bonds is 10. The number of sulfonamides is 1. The molecule has 0 atom stereocenters. The van der Waals surface area contributed by atoms with Crippen LogP contribution in [0.15, 0.2) is 35.5 Å². The lowest BCUT2D eigenvalue weighted by Gasteiger charge is -2.30. The summed E-state index contributed by atoms with van der Waals surface area (Å²) in [6.45, 7) is 0.560. The number of benzene rings is 1. The van der Waals surface area contributed by atoms with Crippen LogP contribution in [0.25, 0.3) is 4.96 Å². The van der Waals surface area contributed by atoms with Crippen LogP contribution < -0.4 is 10.0 Å². The molecule has 190 valence electrons. The molecule has 0 unspecified atom stereocenters. The van der Waals surface area contributed by atoms with Gasteiger partial charge in [-0.3, -0.25) is 9.20 Å². The number of nitrogens with zero attached hydrogens (tertiary/aromatic N) is 4. The van der Waals surface area contributed by atoms with Crippen molar-refractivity contribution in [3.63, 3.8) is 0 Å². The molecule has 35 heavy (non-hydrogen) atoms. The van der Waals surface area contributed by atoms with Gasteiger partial charge in [-0.2, -0.15) is 17.5 Å². The van der Waals surface area contributed by atoms with Crippen molar-refractivity contribution >= 4 is 38.4 Å². The molecule has 1 amide bonds. The SMILES string of the molecule is O=C(N1CCc2c(cccc2S(=O)(=O)NCCCCCCNc2nsc3nccn23)C1)C(F)(F)F.